The molecule has 2 aromatic rings. The monoisotopic (exact) mass is 447 g/mol. The van der Waals surface area contributed by atoms with Gasteiger partial charge < -0.3 is 19.7 Å². The Morgan fingerprint density at radius 3 is 2.39 bits per heavy atom. The maximum atomic E-state index is 12.4. The number of amides is 1. The van der Waals surface area contributed by atoms with Crippen molar-refractivity contribution in [2.45, 2.75) is 13.0 Å². The molecule has 9 nitrogen and oxygen atoms in total. The van der Waals surface area contributed by atoms with E-state index in [1.54, 1.807) is 12.1 Å². The lowest BCUT2D eigenvalue weighted by atomic mass is 10.2. The van der Waals surface area contributed by atoms with E-state index in [-0.39, 0.29) is 11.3 Å². The molecular formula is C21H25N3O6S. The topological polar surface area (TPSA) is 114 Å². The minimum atomic E-state index is -3.48. The predicted octanol–water partition coefficient (Wildman–Crippen LogP) is 2.08. The summed E-state index contributed by atoms with van der Waals surface area (Å²) in [5, 5.41) is 2.72. The van der Waals surface area contributed by atoms with E-state index in [1.165, 1.54) is 31.2 Å². The quantitative estimate of drug-likeness (QED) is 0.625. The summed E-state index contributed by atoms with van der Waals surface area (Å²) >= 11 is 0. The summed E-state index contributed by atoms with van der Waals surface area (Å²) in [6.45, 7) is 4.48. The highest BCUT2D eigenvalue weighted by Gasteiger charge is 2.20. The second-order valence-corrected chi connectivity index (χ2v) is 8.89. The van der Waals surface area contributed by atoms with Crippen LogP contribution in [0.1, 0.15) is 17.3 Å². The van der Waals surface area contributed by atoms with Gasteiger partial charge >= 0.3 is 5.97 Å². The summed E-state index contributed by atoms with van der Waals surface area (Å²) in [6, 6.07) is 13.3. The molecule has 1 aliphatic rings. The average Bonchev–Trinajstić information content (AvgIpc) is 2.74. The Hall–Kier alpha value is -3.11. The summed E-state index contributed by atoms with van der Waals surface area (Å²) < 4.78 is 35.5. The Bertz CT molecular complexity index is 1030. The van der Waals surface area contributed by atoms with Gasteiger partial charge in [-0.05, 0) is 49.4 Å². The number of ether oxygens (including phenoxy) is 2. The van der Waals surface area contributed by atoms with E-state index >= 15 is 0 Å². The first-order chi connectivity index (χ1) is 14.7. The molecule has 0 unspecified atom stereocenters. The second kappa shape index (κ2) is 9.80. The van der Waals surface area contributed by atoms with Gasteiger partial charge in [0.05, 0.1) is 25.0 Å². The maximum absolute atomic E-state index is 12.4. The van der Waals surface area contributed by atoms with Crippen LogP contribution in [0.4, 0.5) is 17.1 Å². The summed E-state index contributed by atoms with van der Waals surface area (Å²) in [4.78, 5) is 27.0. The molecular weight excluding hydrogens is 422 g/mol. The van der Waals surface area contributed by atoms with E-state index in [0.717, 1.165) is 25.0 Å². The molecule has 1 heterocycles. The van der Waals surface area contributed by atoms with Crippen LogP contribution in [0, 0.1) is 0 Å². The molecule has 0 aromatic heterocycles. The lowest BCUT2D eigenvalue weighted by Crippen LogP contribution is -2.36. The predicted molar refractivity (Wildman–Crippen MR) is 118 cm³/mol. The van der Waals surface area contributed by atoms with Crippen LogP contribution >= 0.6 is 0 Å². The van der Waals surface area contributed by atoms with Gasteiger partial charge in [-0.15, -0.1) is 0 Å². The summed E-state index contributed by atoms with van der Waals surface area (Å²) in [7, 11) is -3.48. The molecule has 0 aliphatic carbocycles. The zero-order valence-corrected chi connectivity index (χ0v) is 18.1. The fourth-order valence-electron chi connectivity index (χ4n) is 3.03. The molecule has 0 spiro atoms. The minimum Gasteiger partial charge on any atom is -0.449 e. The third kappa shape index (κ3) is 6.69. The number of nitrogens with one attached hydrogen (secondary N) is 2. The van der Waals surface area contributed by atoms with Gasteiger partial charge in [-0.2, -0.15) is 0 Å². The van der Waals surface area contributed by atoms with Crippen LogP contribution < -0.4 is 14.9 Å². The molecule has 2 aromatic carbocycles. The molecule has 10 heteroatoms. The van der Waals surface area contributed by atoms with E-state index in [4.69, 9.17) is 9.47 Å². The molecule has 2 N–H and O–H groups in total. The fourth-order valence-corrected chi connectivity index (χ4v) is 3.58. The number of rotatable bonds is 7. The van der Waals surface area contributed by atoms with Gasteiger partial charge in [0.1, 0.15) is 0 Å². The third-order valence-electron chi connectivity index (χ3n) is 4.57. The standard InChI is InChI=1S/C21H25N3O6S/c1-15(30-21(26)16-4-3-5-18(14-16)23-31(2,27)28)20(25)22-17-6-8-19(9-7-17)24-10-12-29-13-11-24/h3-9,14-15,23H,10-13H2,1-2H3,(H,22,25)/t15-/m0/s1. The highest BCUT2D eigenvalue weighted by atomic mass is 32.2. The van der Waals surface area contributed by atoms with Crippen molar-refractivity contribution in [3.63, 3.8) is 0 Å². The normalized spacial score (nSPS) is 15.1. The smallest absolute Gasteiger partial charge is 0.338 e. The molecule has 3 rings (SSSR count). The van der Waals surface area contributed by atoms with Crippen molar-refractivity contribution in [2.75, 3.05) is 47.5 Å². The zero-order valence-electron chi connectivity index (χ0n) is 17.3. The Balaban J connectivity index is 1.56. The van der Waals surface area contributed by atoms with Crippen LogP contribution in [0.5, 0.6) is 0 Å². The fraction of sp³-hybridized carbons (Fsp3) is 0.333. The van der Waals surface area contributed by atoms with Crippen LogP contribution in [0.25, 0.3) is 0 Å². The van der Waals surface area contributed by atoms with Crippen LogP contribution in [0.3, 0.4) is 0 Å². The zero-order chi connectivity index (χ0) is 22.4. The number of benzene rings is 2. The van der Waals surface area contributed by atoms with Gasteiger partial charge in [-0.3, -0.25) is 9.52 Å². The number of sulfonamides is 1. The van der Waals surface area contributed by atoms with Crippen LogP contribution in [-0.2, 0) is 24.3 Å². The third-order valence-corrected chi connectivity index (χ3v) is 5.17. The molecule has 1 amide bonds. The van der Waals surface area contributed by atoms with Gasteiger partial charge in [0.15, 0.2) is 6.10 Å². The largest absolute Gasteiger partial charge is 0.449 e. The molecule has 0 radical (unpaired) electrons. The maximum Gasteiger partial charge on any atom is 0.338 e. The van der Waals surface area contributed by atoms with Crippen LogP contribution in [0.15, 0.2) is 48.5 Å². The Morgan fingerprint density at radius 2 is 1.74 bits per heavy atom. The first-order valence-electron chi connectivity index (χ1n) is 9.74. The van der Waals surface area contributed by atoms with E-state index in [9.17, 15) is 18.0 Å². The van der Waals surface area contributed by atoms with Crippen molar-refractivity contribution in [1.82, 2.24) is 0 Å². The number of hydrogen-bond acceptors (Lipinski definition) is 7. The molecule has 166 valence electrons. The highest BCUT2D eigenvalue weighted by molar-refractivity contribution is 7.92. The second-order valence-electron chi connectivity index (χ2n) is 7.14. The van der Waals surface area contributed by atoms with Gasteiger partial charge in [0, 0.05) is 30.2 Å². The number of carbonyl (C=O) groups is 2. The number of carbonyl (C=O) groups excluding carboxylic acids is 2. The van der Waals surface area contributed by atoms with Crippen LogP contribution in [-0.4, -0.2) is 59.0 Å². The first kappa shape index (κ1) is 22.6. The number of esters is 1. The molecule has 0 saturated carbocycles. The van der Waals surface area contributed by atoms with Crippen LogP contribution in [0.2, 0.25) is 0 Å². The van der Waals surface area contributed by atoms with Crippen molar-refractivity contribution in [3.05, 3.63) is 54.1 Å². The number of anilines is 3. The van der Waals surface area contributed by atoms with Crippen molar-refractivity contribution in [1.29, 1.82) is 0 Å². The SMILES string of the molecule is C[C@H](OC(=O)c1cccc(NS(C)(=O)=O)c1)C(=O)Nc1ccc(N2CCOCC2)cc1. The van der Waals surface area contributed by atoms with Crippen molar-refractivity contribution < 1.29 is 27.5 Å². The minimum absolute atomic E-state index is 0.128. The lowest BCUT2D eigenvalue weighted by molar-refractivity contribution is -0.123. The van der Waals surface area contributed by atoms with E-state index in [1.807, 2.05) is 12.1 Å². The average molecular weight is 448 g/mol. The van der Waals surface area contributed by atoms with Crippen molar-refractivity contribution in [3.8, 4) is 0 Å². The van der Waals surface area contributed by atoms with Crippen molar-refractivity contribution in [2.24, 2.45) is 0 Å². The Kier molecular flexibility index (Phi) is 7.13. The lowest BCUT2D eigenvalue weighted by Gasteiger charge is -2.28. The molecule has 1 saturated heterocycles. The van der Waals surface area contributed by atoms with Gasteiger partial charge in [-0.25, -0.2) is 13.2 Å². The number of nitrogens with zero attached hydrogens (tertiary/aromatic N) is 1. The summed E-state index contributed by atoms with van der Waals surface area (Å²) in [6.07, 6.45) is -0.0318. The number of morpholine rings is 1. The Labute approximate surface area is 181 Å². The molecule has 1 aliphatic heterocycles. The highest BCUT2D eigenvalue weighted by Crippen LogP contribution is 2.19. The Morgan fingerprint density at radius 1 is 1.06 bits per heavy atom. The molecule has 31 heavy (non-hydrogen) atoms. The van der Waals surface area contributed by atoms with E-state index in [0.29, 0.717) is 18.9 Å². The molecule has 1 fully saturated rings. The van der Waals surface area contributed by atoms with E-state index in [2.05, 4.69) is 14.9 Å². The summed E-state index contributed by atoms with van der Waals surface area (Å²) in [5.41, 5.74) is 1.99. The van der Waals surface area contributed by atoms with Gasteiger partial charge in [0.25, 0.3) is 5.91 Å². The van der Waals surface area contributed by atoms with E-state index < -0.39 is 28.0 Å². The molecule has 0 bridgehead atoms. The summed E-state index contributed by atoms with van der Waals surface area (Å²) in [5.74, 6) is -1.21. The van der Waals surface area contributed by atoms with Crippen molar-refractivity contribution >= 4 is 39.0 Å². The van der Waals surface area contributed by atoms with Gasteiger partial charge in [0.2, 0.25) is 10.0 Å². The molecule has 1 atom stereocenters. The first-order valence-corrected chi connectivity index (χ1v) is 11.6. The van der Waals surface area contributed by atoms with Gasteiger partial charge in [-0.1, -0.05) is 6.07 Å². The number of hydrogen-bond donors (Lipinski definition) is 2.